The summed E-state index contributed by atoms with van der Waals surface area (Å²) in [5.74, 6) is 1.22. The normalized spacial score (nSPS) is 29.1. The summed E-state index contributed by atoms with van der Waals surface area (Å²) >= 11 is 0. The molecule has 2 aliphatic carbocycles. The Morgan fingerprint density at radius 1 is 1.27 bits per heavy atom. The van der Waals surface area contributed by atoms with Crippen molar-refractivity contribution in [1.29, 1.82) is 0 Å². The van der Waals surface area contributed by atoms with Gasteiger partial charge in [0.05, 0.1) is 0 Å². The molecule has 1 aromatic heterocycles. The first-order chi connectivity index (χ1) is 12.3. The minimum atomic E-state index is -0.0348. The highest BCUT2D eigenvalue weighted by Gasteiger charge is 2.61. The molecule has 0 aliphatic heterocycles. The third-order valence-corrected chi connectivity index (χ3v) is 7.18. The number of tetrazole rings is 1. The fraction of sp³-hybridized carbons (Fsp3) is 0.600. The Hall–Kier alpha value is -2.24. The number of carbonyl (C=O) groups is 1. The van der Waals surface area contributed by atoms with Crippen LogP contribution in [0.15, 0.2) is 24.3 Å². The highest BCUT2D eigenvalue weighted by Crippen LogP contribution is 2.65. The molecule has 6 nitrogen and oxygen atoms in total. The number of aryl methyl sites for hydroxylation is 1. The van der Waals surface area contributed by atoms with Gasteiger partial charge in [0, 0.05) is 11.6 Å². The Labute approximate surface area is 154 Å². The molecular formula is C20H27N5O. The summed E-state index contributed by atoms with van der Waals surface area (Å²) in [4.78, 5) is 13.9. The van der Waals surface area contributed by atoms with Crippen molar-refractivity contribution >= 4 is 5.91 Å². The summed E-state index contributed by atoms with van der Waals surface area (Å²) in [6, 6.07) is 8.20. The molecule has 138 valence electrons. The van der Waals surface area contributed by atoms with Gasteiger partial charge >= 0.3 is 0 Å². The van der Waals surface area contributed by atoms with E-state index >= 15 is 0 Å². The zero-order valence-corrected chi connectivity index (χ0v) is 16.0. The summed E-state index contributed by atoms with van der Waals surface area (Å²) in [6.45, 7) is 9.17. The first-order valence-electron chi connectivity index (χ1n) is 9.44. The molecule has 1 N–H and O–H groups in total. The molecule has 2 aromatic rings. The summed E-state index contributed by atoms with van der Waals surface area (Å²) < 4.78 is 0. The molecule has 0 spiro atoms. The van der Waals surface area contributed by atoms with Crippen LogP contribution in [0.25, 0.3) is 11.4 Å². The van der Waals surface area contributed by atoms with Gasteiger partial charge in [-0.3, -0.25) is 4.79 Å². The fourth-order valence-corrected chi connectivity index (χ4v) is 4.92. The lowest BCUT2D eigenvalue weighted by Crippen LogP contribution is -2.47. The molecule has 4 rings (SSSR count). The molecular weight excluding hydrogens is 326 g/mol. The molecule has 2 bridgehead atoms. The number of nitrogens with zero attached hydrogens (tertiary/aromatic N) is 4. The first-order valence-corrected chi connectivity index (χ1v) is 9.44. The number of benzene rings is 1. The smallest absolute Gasteiger partial charge is 0.243 e. The Bertz CT molecular complexity index is 825. The molecule has 2 saturated carbocycles. The van der Waals surface area contributed by atoms with Crippen LogP contribution < -0.4 is 5.32 Å². The third-order valence-electron chi connectivity index (χ3n) is 7.18. The maximum atomic E-state index is 12.5. The lowest BCUT2D eigenvalue weighted by Gasteiger charge is -2.39. The SMILES string of the molecule is Cc1ccc(-c2nnn(CC(=O)N[C@@H]3C[C@H]4CC[C@@]3(C)C4(C)C)n2)cc1. The van der Waals surface area contributed by atoms with Crippen LogP contribution in [0.1, 0.15) is 45.6 Å². The van der Waals surface area contributed by atoms with Crippen LogP contribution >= 0.6 is 0 Å². The van der Waals surface area contributed by atoms with E-state index in [1.165, 1.54) is 23.2 Å². The predicted octanol–water partition coefficient (Wildman–Crippen LogP) is 2.98. The van der Waals surface area contributed by atoms with Gasteiger partial charge in [-0.1, -0.05) is 50.6 Å². The molecule has 0 radical (unpaired) electrons. The van der Waals surface area contributed by atoms with Crippen LogP contribution in [0.5, 0.6) is 0 Å². The quantitative estimate of drug-likeness (QED) is 0.917. The number of nitrogens with one attached hydrogen (secondary N) is 1. The van der Waals surface area contributed by atoms with Gasteiger partial charge in [-0.25, -0.2) is 0 Å². The molecule has 3 atom stereocenters. The summed E-state index contributed by atoms with van der Waals surface area (Å²) in [5.41, 5.74) is 2.55. The van der Waals surface area contributed by atoms with Crippen molar-refractivity contribution in [2.45, 2.75) is 59.5 Å². The van der Waals surface area contributed by atoms with Crippen molar-refractivity contribution < 1.29 is 4.79 Å². The molecule has 0 saturated heterocycles. The Morgan fingerprint density at radius 2 is 2.00 bits per heavy atom. The monoisotopic (exact) mass is 353 g/mol. The van der Waals surface area contributed by atoms with E-state index in [-0.39, 0.29) is 29.3 Å². The molecule has 0 unspecified atom stereocenters. The van der Waals surface area contributed by atoms with Crippen molar-refractivity contribution in [3.8, 4) is 11.4 Å². The fourth-order valence-electron chi connectivity index (χ4n) is 4.92. The number of fused-ring (bicyclic) bond motifs is 2. The molecule has 2 fully saturated rings. The van der Waals surface area contributed by atoms with Gasteiger partial charge in [0.25, 0.3) is 0 Å². The summed E-state index contributed by atoms with van der Waals surface area (Å²) in [7, 11) is 0. The number of aromatic nitrogens is 4. The van der Waals surface area contributed by atoms with Crippen LogP contribution in [-0.2, 0) is 11.3 Å². The van der Waals surface area contributed by atoms with Gasteiger partial charge < -0.3 is 5.32 Å². The molecule has 1 amide bonds. The molecule has 1 aromatic carbocycles. The average Bonchev–Trinajstić information content (AvgIpc) is 3.18. The Kier molecular flexibility index (Phi) is 3.90. The largest absolute Gasteiger partial charge is 0.351 e. The summed E-state index contributed by atoms with van der Waals surface area (Å²) in [6.07, 6.45) is 3.55. The van der Waals surface area contributed by atoms with Crippen LogP contribution in [0.2, 0.25) is 0 Å². The lowest BCUT2D eigenvalue weighted by atomic mass is 9.69. The van der Waals surface area contributed by atoms with Crippen molar-refractivity contribution in [2.75, 3.05) is 0 Å². The molecule has 2 aliphatic rings. The van der Waals surface area contributed by atoms with E-state index in [0.29, 0.717) is 11.7 Å². The van der Waals surface area contributed by atoms with Gasteiger partial charge in [-0.15, -0.1) is 10.2 Å². The van der Waals surface area contributed by atoms with E-state index in [9.17, 15) is 4.79 Å². The van der Waals surface area contributed by atoms with Crippen LogP contribution in [0, 0.1) is 23.7 Å². The highest BCUT2D eigenvalue weighted by molar-refractivity contribution is 5.76. The number of hydrogen-bond acceptors (Lipinski definition) is 4. The summed E-state index contributed by atoms with van der Waals surface area (Å²) in [5, 5.41) is 15.7. The second kappa shape index (κ2) is 5.89. The standard InChI is InChI=1S/C20H27N5O/c1-13-5-7-14(8-6-13)18-22-24-25(23-18)12-17(26)21-16-11-15-9-10-20(16,4)19(15,2)3/h5-8,15-16H,9-12H2,1-4H3,(H,21,26)/t15-,16-,20-/m1/s1. The number of carbonyl (C=O) groups excluding carboxylic acids is 1. The Morgan fingerprint density at radius 3 is 2.62 bits per heavy atom. The minimum absolute atomic E-state index is 0.0348. The van der Waals surface area contributed by atoms with Gasteiger partial charge in [0.1, 0.15) is 6.54 Å². The van der Waals surface area contributed by atoms with E-state index < -0.39 is 0 Å². The molecule has 1 heterocycles. The highest BCUT2D eigenvalue weighted by atomic mass is 16.2. The van der Waals surface area contributed by atoms with Gasteiger partial charge in [-0.2, -0.15) is 4.80 Å². The topological polar surface area (TPSA) is 72.7 Å². The number of amides is 1. The first kappa shape index (κ1) is 17.2. The van der Waals surface area contributed by atoms with Gasteiger partial charge in [0.2, 0.25) is 11.7 Å². The van der Waals surface area contributed by atoms with E-state index in [1.54, 1.807) is 0 Å². The zero-order chi connectivity index (χ0) is 18.5. The predicted molar refractivity (Wildman–Crippen MR) is 99.1 cm³/mol. The minimum Gasteiger partial charge on any atom is -0.351 e. The van der Waals surface area contributed by atoms with Crippen LogP contribution in [0.4, 0.5) is 0 Å². The van der Waals surface area contributed by atoms with E-state index in [2.05, 4.69) is 41.5 Å². The second-order valence-electron chi connectivity index (χ2n) is 8.74. The van der Waals surface area contributed by atoms with Crippen molar-refractivity contribution in [3.63, 3.8) is 0 Å². The van der Waals surface area contributed by atoms with E-state index in [1.807, 2.05) is 31.2 Å². The average molecular weight is 353 g/mol. The Balaban J connectivity index is 1.41. The zero-order valence-electron chi connectivity index (χ0n) is 16.0. The molecule has 6 heteroatoms. The van der Waals surface area contributed by atoms with Crippen molar-refractivity contribution in [3.05, 3.63) is 29.8 Å². The number of rotatable bonds is 4. The van der Waals surface area contributed by atoms with Gasteiger partial charge in [0.15, 0.2) is 0 Å². The maximum absolute atomic E-state index is 12.5. The van der Waals surface area contributed by atoms with Crippen LogP contribution in [-0.4, -0.2) is 32.2 Å². The van der Waals surface area contributed by atoms with Crippen molar-refractivity contribution in [2.24, 2.45) is 16.7 Å². The van der Waals surface area contributed by atoms with E-state index in [4.69, 9.17) is 0 Å². The number of hydrogen-bond donors (Lipinski definition) is 1. The second-order valence-corrected chi connectivity index (χ2v) is 8.74. The van der Waals surface area contributed by atoms with Gasteiger partial charge in [-0.05, 0) is 48.1 Å². The van der Waals surface area contributed by atoms with E-state index in [0.717, 1.165) is 12.0 Å². The third kappa shape index (κ3) is 2.63. The van der Waals surface area contributed by atoms with Crippen molar-refractivity contribution in [1.82, 2.24) is 25.5 Å². The maximum Gasteiger partial charge on any atom is 0.243 e. The van der Waals surface area contributed by atoms with Crippen LogP contribution in [0.3, 0.4) is 0 Å². The molecule has 26 heavy (non-hydrogen) atoms. The lowest BCUT2D eigenvalue weighted by molar-refractivity contribution is -0.123.